The minimum absolute atomic E-state index is 0.233. The molecule has 8 heteroatoms. The lowest BCUT2D eigenvalue weighted by molar-refractivity contribution is 0.384. The van der Waals surface area contributed by atoms with Crippen LogP contribution in [0.25, 0.3) is 5.69 Å². The van der Waals surface area contributed by atoms with Gasteiger partial charge in [-0.05, 0) is 69.2 Å². The fourth-order valence-corrected chi connectivity index (χ4v) is 5.97. The Hall–Kier alpha value is -2.71. The average Bonchev–Trinajstić information content (AvgIpc) is 3.05. The third-order valence-electron chi connectivity index (χ3n) is 5.84. The molecule has 0 saturated carbocycles. The lowest BCUT2D eigenvalue weighted by Crippen LogP contribution is -2.49. The zero-order valence-electron chi connectivity index (χ0n) is 18.3. The molecule has 1 aliphatic heterocycles. The molecule has 2 heterocycles. The van der Waals surface area contributed by atoms with Crippen molar-refractivity contribution in [3.63, 3.8) is 0 Å². The van der Waals surface area contributed by atoms with Gasteiger partial charge >= 0.3 is 0 Å². The topological polar surface area (TPSA) is 58.4 Å². The monoisotopic (exact) mass is 442 g/mol. The van der Waals surface area contributed by atoms with Crippen molar-refractivity contribution in [1.82, 2.24) is 14.1 Å². The molecule has 0 atom stereocenters. The molecule has 0 radical (unpaired) electrons. The zero-order valence-corrected chi connectivity index (χ0v) is 19.1. The van der Waals surface area contributed by atoms with Crippen LogP contribution in [0.5, 0.6) is 0 Å². The van der Waals surface area contributed by atoms with Crippen molar-refractivity contribution in [3.05, 3.63) is 70.8 Å². The summed E-state index contributed by atoms with van der Waals surface area (Å²) in [4.78, 5) is 2.48. The van der Waals surface area contributed by atoms with Crippen LogP contribution in [0.2, 0.25) is 0 Å². The number of piperazine rings is 1. The van der Waals surface area contributed by atoms with Crippen LogP contribution in [0.1, 0.15) is 22.5 Å². The highest BCUT2D eigenvalue weighted by molar-refractivity contribution is 7.89. The van der Waals surface area contributed by atoms with Crippen LogP contribution in [0.3, 0.4) is 0 Å². The minimum atomic E-state index is -3.69. The summed E-state index contributed by atoms with van der Waals surface area (Å²) in [5, 5.41) is 4.43. The summed E-state index contributed by atoms with van der Waals surface area (Å²) >= 11 is 0. The van der Waals surface area contributed by atoms with Crippen LogP contribution in [0.4, 0.5) is 10.1 Å². The maximum absolute atomic E-state index is 13.5. The maximum Gasteiger partial charge on any atom is 0.246 e. The Balaban J connectivity index is 1.59. The first-order valence-electron chi connectivity index (χ1n) is 10.3. The molecule has 164 valence electrons. The van der Waals surface area contributed by atoms with E-state index in [2.05, 4.69) is 42.0 Å². The molecule has 0 unspecified atom stereocenters. The van der Waals surface area contributed by atoms with Gasteiger partial charge in [-0.15, -0.1) is 0 Å². The molecule has 0 bridgehead atoms. The molecule has 1 aliphatic rings. The summed E-state index contributed by atoms with van der Waals surface area (Å²) in [7, 11) is -3.69. The SMILES string of the molecule is Cc1ccc(C)c(N2CCN(S(=O)(=O)c3c(C)nn(-c4ccc(F)cc4)c3C)CC2)c1. The number of hydrogen-bond donors (Lipinski definition) is 0. The van der Waals surface area contributed by atoms with Crippen molar-refractivity contribution in [2.45, 2.75) is 32.6 Å². The van der Waals surface area contributed by atoms with Gasteiger partial charge in [0.15, 0.2) is 0 Å². The predicted molar refractivity (Wildman–Crippen MR) is 120 cm³/mol. The standard InChI is InChI=1S/C23H27FN4O2S/c1-16-5-6-17(2)22(15-16)26-11-13-27(14-12-26)31(29,30)23-18(3)25-28(19(23)4)21-9-7-20(24)8-10-21/h5-10,15H,11-14H2,1-4H3. The van der Waals surface area contributed by atoms with Gasteiger partial charge < -0.3 is 4.90 Å². The summed E-state index contributed by atoms with van der Waals surface area (Å²) in [5.74, 6) is -0.347. The second kappa shape index (κ2) is 8.09. The Morgan fingerprint density at radius 1 is 0.903 bits per heavy atom. The Bertz CT molecular complexity index is 1210. The van der Waals surface area contributed by atoms with E-state index in [0.717, 1.165) is 5.69 Å². The summed E-state index contributed by atoms with van der Waals surface area (Å²) in [6.07, 6.45) is 0. The zero-order chi connectivity index (χ0) is 22.3. The quantitative estimate of drug-likeness (QED) is 0.617. The highest BCUT2D eigenvalue weighted by Crippen LogP contribution is 2.28. The highest BCUT2D eigenvalue weighted by atomic mass is 32.2. The molecule has 31 heavy (non-hydrogen) atoms. The smallest absolute Gasteiger partial charge is 0.246 e. The third kappa shape index (κ3) is 3.97. The molecule has 4 rings (SSSR count). The minimum Gasteiger partial charge on any atom is -0.369 e. The van der Waals surface area contributed by atoms with E-state index in [-0.39, 0.29) is 10.7 Å². The van der Waals surface area contributed by atoms with Crippen LogP contribution in [-0.4, -0.2) is 48.7 Å². The first-order chi connectivity index (χ1) is 14.7. The van der Waals surface area contributed by atoms with Crippen LogP contribution in [0, 0.1) is 33.5 Å². The Kier molecular flexibility index (Phi) is 5.61. The number of nitrogens with zero attached hydrogens (tertiary/aromatic N) is 4. The third-order valence-corrected chi connectivity index (χ3v) is 7.99. The molecule has 0 N–H and O–H groups in total. The van der Waals surface area contributed by atoms with Gasteiger partial charge in [-0.1, -0.05) is 12.1 Å². The van der Waals surface area contributed by atoms with Crippen molar-refractivity contribution < 1.29 is 12.8 Å². The fourth-order valence-electron chi connectivity index (χ4n) is 4.19. The van der Waals surface area contributed by atoms with Crippen LogP contribution >= 0.6 is 0 Å². The number of hydrogen-bond acceptors (Lipinski definition) is 4. The first-order valence-corrected chi connectivity index (χ1v) is 11.8. The number of sulfonamides is 1. The van der Waals surface area contributed by atoms with E-state index in [1.165, 1.54) is 23.3 Å². The fraction of sp³-hybridized carbons (Fsp3) is 0.348. The summed E-state index contributed by atoms with van der Waals surface area (Å²) in [5.41, 5.74) is 5.14. The molecule has 1 aromatic heterocycles. The van der Waals surface area contributed by atoms with E-state index >= 15 is 0 Å². The van der Waals surface area contributed by atoms with Gasteiger partial charge in [0.1, 0.15) is 10.7 Å². The molecular formula is C23H27FN4O2S. The van der Waals surface area contributed by atoms with Gasteiger partial charge in [-0.2, -0.15) is 9.40 Å². The van der Waals surface area contributed by atoms with Crippen molar-refractivity contribution >= 4 is 15.7 Å². The molecule has 2 aromatic carbocycles. The van der Waals surface area contributed by atoms with E-state index in [4.69, 9.17) is 0 Å². The van der Waals surface area contributed by atoms with Crippen molar-refractivity contribution in [1.29, 1.82) is 0 Å². The van der Waals surface area contributed by atoms with Crippen LogP contribution < -0.4 is 4.90 Å². The number of aryl methyl sites for hydroxylation is 3. The molecular weight excluding hydrogens is 415 g/mol. The van der Waals surface area contributed by atoms with Gasteiger partial charge in [0, 0.05) is 31.9 Å². The number of benzene rings is 2. The predicted octanol–water partition coefficient (Wildman–Crippen LogP) is 3.76. The van der Waals surface area contributed by atoms with E-state index < -0.39 is 10.0 Å². The number of aromatic nitrogens is 2. The Morgan fingerprint density at radius 3 is 2.19 bits per heavy atom. The maximum atomic E-state index is 13.5. The average molecular weight is 443 g/mol. The lowest BCUT2D eigenvalue weighted by atomic mass is 10.1. The van der Waals surface area contributed by atoms with Gasteiger partial charge in [0.25, 0.3) is 0 Å². The van der Waals surface area contributed by atoms with Crippen LogP contribution in [-0.2, 0) is 10.0 Å². The Labute approximate surface area is 183 Å². The van der Waals surface area contributed by atoms with E-state index in [1.807, 2.05) is 0 Å². The lowest BCUT2D eigenvalue weighted by Gasteiger charge is -2.36. The highest BCUT2D eigenvalue weighted by Gasteiger charge is 2.33. The van der Waals surface area contributed by atoms with Crippen molar-refractivity contribution in [2.75, 3.05) is 31.1 Å². The summed E-state index contributed by atoms with van der Waals surface area (Å²) < 4.78 is 43.4. The van der Waals surface area contributed by atoms with Gasteiger partial charge in [0.05, 0.1) is 17.1 Å². The van der Waals surface area contributed by atoms with Gasteiger partial charge in [-0.25, -0.2) is 17.5 Å². The molecule has 0 amide bonds. The molecule has 0 aliphatic carbocycles. The second-order valence-electron chi connectivity index (χ2n) is 8.07. The molecule has 1 saturated heterocycles. The van der Waals surface area contributed by atoms with Crippen LogP contribution in [0.15, 0.2) is 47.4 Å². The van der Waals surface area contributed by atoms with Crippen molar-refractivity contribution in [3.8, 4) is 5.69 Å². The van der Waals surface area contributed by atoms with Gasteiger partial charge in [0.2, 0.25) is 10.0 Å². The Morgan fingerprint density at radius 2 is 1.55 bits per heavy atom. The molecule has 6 nitrogen and oxygen atoms in total. The molecule has 1 fully saturated rings. The van der Waals surface area contributed by atoms with Gasteiger partial charge in [-0.3, -0.25) is 0 Å². The van der Waals surface area contributed by atoms with E-state index in [0.29, 0.717) is 43.3 Å². The summed E-state index contributed by atoms with van der Waals surface area (Å²) in [6.45, 7) is 9.67. The van der Waals surface area contributed by atoms with E-state index in [1.54, 1.807) is 35.0 Å². The molecule has 3 aromatic rings. The largest absolute Gasteiger partial charge is 0.369 e. The van der Waals surface area contributed by atoms with E-state index in [9.17, 15) is 12.8 Å². The summed E-state index contributed by atoms with van der Waals surface area (Å²) in [6, 6.07) is 12.2. The first kappa shape index (κ1) is 21.5. The number of rotatable bonds is 4. The second-order valence-corrected chi connectivity index (χ2v) is 9.94. The molecule has 0 spiro atoms. The van der Waals surface area contributed by atoms with Crippen molar-refractivity contribution in [2.24, 2.45) is 0 Å². The normalized spacial score (nSPS) is 15.5. The number of halogens is 1. The number of anilines is 1.